The number of esters is 1. The number of hydrogen-bond donors (Lipinski definition) is 6. The number of carbonyl (C=O) groups excluding carboxylic acids is 7. The van der Waals surface area contributed by atoms with Gasteiger partial charge in [0.25, 0.3) is 0 Å². The quantitative estimate of drug-likeness (QED) is 0.111. The van der Waals surface area contributed by atoms with Crippen molar-refractivity contribution < 1.29 is 38.3 Å². The van der Waals surface area contributed by atoms with Crippen molar-refractivity contribution in [2.45, 2.75) is 129 Å². The van der Waals surface area contributed by atoms with Gasteiger partial charge in [-0.05, 0) is 58.0 Å². The predicted octanol–water partition coefficient (Wildman–Crippen LogP) is 0.179. The van der Waals surface area contributed by atoms with Crippen LogP contribution in [0.1, 0.15) is 98.3 Å². The number of hydrogen-bond acceptors (Lipinski definition) is 10. The summed E-state index contributed by atoms with van der Waals surface area (Å²) in [6, 6.07) is -4.59. The third-order valence-electron chi connectivity index (χ3n) is 9.96. The zero-order valence-electron chi connectivity index (χ0n) is 33.0. The monoisotopic (exact) mass is 751 g/mol. The van der Waals surface area contributed by atoms with Crippen LogP contribution >= 0.6 is 0 Å². The van der Waals surface area contributed by atoms with Gasteiger partial charge in [0.15, 0.2) is 0 Å². The van der Waals surface area contributed by atoms with E-state index in [2.05, 4.69) is 33.5 Å². The standard InChI is InChI=1S/C37H66N8O8/c1-8-9-10-14-17-29-24(4)37(52)45(7)28(18-23(2)3)35(50)43-32(25-15-12-11-13-16-25)36(51)41-26(19-38)34(49)42-27(20-39-30(46)22-44(5)6)33(48)40-21-31(47)53-29/h23-29,32H,8-22,38H2,1-7H3,(H,39,46)(H,40,48)(H,41,51)(H,42,49)(H,43,50)/t24-,26+,27+,28+,29+,32+/m1/s1. The minimum atomic E-state index is -1.35. The molecule has 6 atom stereocenters. The highest BCUT2D eigenvalue weighted by Gasteiger charge is 2.39. The van der Waals surface area contributed by atoms with Gasteiger partial charge in [-0.2, -0.15) is 0 Å². The average Bonchev–Trinajstić information content (AvgIpc) is 3.12. The van der Waals surface area contributed by atoms with E-state index in [0.29, 0.717) is 32.1 Å². The van der Waals surface area contributed by atoms with E-state index in [-0.39, 0.29) is 31.5 Å². The Labute approximate surface area is 315 Å². The second-order valence-corrected chi connectivity index (χ2v) is 15.3. The number of rotatable bonds is 13. The van der Waals surface area contributed by atoms with Gasteiger partial charge in [-0.1, -0.05) is 66.2 Å². The lowest BCUT2D eigenvalue weighted by Gasteiger charge is -2.36. The summed E-state index contributed by atoms with van der Waals surface area (Å²) >= 11 is 0. The number of unbranched alkanes of at least 4 members (excludes halogenated alkanes) is 3. The Hall–Kier alpha value is -3.79. The first-order valence-corrected chi connectivity index (χ1v) is 19.4. The van der Waals surface area contributed by atoms with Crippen LogP contribution in [0.3, 0.4) is 0 Å². The third-order valence-corrected chi connectivity index (χ3v) is 9.96. The first-order valence-electron chi connectivity index (χ1n) is 19.4. The van der Waals surface area contributed by atoms with Crippen LogP contribution in [0.4, 0.5) is 0 Å². The Morgan fingerprint density at radius 2 is 1.58 bits per heavy atom. The van der Waals surface area contributed by atoms with Crippen molar-refractivity contribution in [2.75, 3.05) is 47.3 Å². The Morgan fingerprint density at radius 3 is 2.19 bits per heavy atom. The van der Waals surface area contributed by atoms with E-state index in [1.807, 2.05) is 13.8 Å². The summed E-state index contributed by atoms with van der Waals surface area (Å²) < 4.78 is 5.83. The molecule has 1 heterocycles. The summed E-state index contributed by atoms with van der Waals surface area (Å²) in [5.41, 5.74) is 5.96. The molecule has 1 saturated carbocycles. The number of likely N-dealkylation sites (N-methyl/N-ethyl adjacent to an activating group) is 2. The van der Waals surface area contributed by atoms with Gasteiger partial charge >= 0.3 is 5.97 Å². The topological polar surface area (TPSA) is 221 Å². The van der Waals surface area contributed by atoms with Crippen molar-refractivity contribution >= 4 is 41.4 Å². The van der Waals surface area contributed by atoms with Gasteiger partial charge in [0.1, 0.15) is 36.8 Å². The third kappa shape index (κ3) is 15.2. The van der Waals surface area contributed by atoms with Crippen molar-refractivity contribution in [3.05, 3.63) is 0 Å². The SMILES string of the molecule is CCCCCC[C@@H]1OC(=O)CNC(=O)[C@H](CNC(=O)CN(C)C)NC(=O)[C@H](CN)NC(=O)[C@H](C2CCCCC2)NC(=O)[C@H](CC(C)C)N(C)C(=O)[C@@H]1C. The Balaban J connectivity index is 2.57. The highest BCUT2D eigenvalue weighted by molar-refractivity contribution is 5.96. The zero-order chi connectivity index (χ0) is 39.7. The lowest BCUT2D eigenvalue weighted by atomic mass is 9.83. The van der Waals surface area contributed by atoms with Crippen molar-refractivity contribution in [1.29, 1.82) is 0 Å². The molecule has 302 valence electrons. The van der Waals surface area contributed by atoms with E-state index >= 15 is 0 Å². The van der Waals surface area contributed by atoms with Crippen LogP contribution in [0.15, 0.2) is 0 Å². The molecular formula is C37H66N8O8. The molecule has 0 aromatic rings. The smallest absolute Gasteiger partial charge is 0.325 e. The normalized spacial score (nSPS) is 26.5. The Morgan fingerprint density at radius 1 is 0.925 bits per heavy atom. The summed E-state index contributed by atoms with van der Waals surface area (Å²) in [4.78, 5) is 97.9. The number of nitrogens with two attached hydrogens (primary N) is 1. The molecule has 6 amide bonds. The van der Waals surface area contributed by atoms with Crippen LogP contribution in [0.2, 0.25) is 0 Å². The van der Waals surface area contributed by atoms with E-state index in [4.69, 9.17) is 10.5 Å². The van der Waals surface area contributed by atoms with Gasteiger partial charge in [-0.25, -0.2) is 0 Å². The minimum Gasteiger partial charge on any atom is -0.460 e. The number of carbonyl (C=O) groups is 7. The Kier molecular flexibility index (Phi) is 19.8. The lowest BCUT2D eigenvalue weighted by Crippen LogP contribution is -2.62. The molecule has 2 aliphatic rings. The second-order valence-electron chi connectivity index (χ2n) is 15.3. The van der Waals surface area contributed by atoms with E-state index in [1.54, 1.807) is 33.0 Å². The second kappa shape index (κ2) is 23.1. The van der Waals surface area contributed by atoms with E-state index in [1.165, 1.54) is 4.90 Å². The van der Waals surface area contributed by atoms with Crippen molar-refractivity contribution in [3.63, 3.8) is 0 Å². The first-order chi connectivity index (χ1) is 25.1. The molecule has 2 fully saturated rings. The maximum atomic E-state index is 14.2. The molecule has 1 aliphatic heterocycles. The number of cyclic esters (lactones) is 1. The van der Waals surface area contributed by atoms with Crippen molar-refractivity contribution in [2.24, 2.45) is 23.5 Å². The Bertz CT molecular complexity index is 1240. The number of nitrogens with one attached hydrogen (secondary N) is 5. The fourth-order valence-corrected chi connectivity index (χ4v) is 6.85. The summed E-state index contributed by atoms with van der Waals surface area (Å²) in [5.74, 6) is -5.32. The minimum absolute atomic E-state index is 0.0112. The molecule has 16 nitrogen and oxygen atoms in total. The van der Waals surface area contributed by atoms with Gasteiger partial charge in [0, 0.05) is 20.1 Å². The van der Waals surface area contributed by atoms with Crippen LogP contribution in [0.25, 0.3) is 0 Å². The molecule has 0 aromatic heterocycles. The van der Waals surface area contributed by atoms with E-state index in [0.717, 1.165) is 38.5 Å². The largest absolute Gasteiger partial charge is 0.460 e. The molecule has 0 spiro atoms. The van der Waals surface area contributed by atoms with Crippen LogP contribution in [0, 0.1) is 17.8 Å². The zero-order valence-corrected chi connectivity index (χ0v) is 33.0. The van der Waals surface area contributed by atoms with Crippen LogP contribution < -0.4 is 32.3 Å². The van der Waals surface area contributed by atoms with E-state index < -0.39 is 84.1 Å². The summed E-state index contributed by atoms with van der Waals surface area (Å²) in [6.45, 7) is 6.41. The number of amides is 6. The summed E-state index contributed by atoms with van der Waals surface area (Å²) in [5, 5.41) is 13.3. The maximum Gasteiger partial charge on any atom is 0.325 e. The highest BCUT2D eigenvalue weighted by Crippen LogP contribution is 2.28. The van der Waals surface area contributed by atoms with Gasteiger partial charge in [-0.3, -0.25) is 33.6 Å². The first kappa shape index (κ1) is 45.4. The van der Waals surface area contributed by atoms with Gasteiger partial charge in [0.2, 0.25) is 35.4 Å². The molecule has 0 aromatic carbocycles. The number of nitrogens with zero attached hydrogens (tertiary/aromatic N) is 2. The fourth-order valence-electron chi connectivity index (χ4n) is 6.85. The molecule has 2 rings (SSSR count). The lowest BCUT2D eigenvalue weighted by molar-refractivity contribution is -0.157. The van der Waals surface area contributed by atoms with Gasteiger partial charge in [-0.15, -0.1) is 0 Å². The molecule has 0 bridgehead atoms. The van der Waals surface area contributed by atoms with Crippen LogP contribution in [0.5, 0.6) is 0 Å². The maximum absolute atomic E-state index is 14.2. The molecular weight excluding hydrogens is 684 g/mol. The highest BCUT2D eigenvalue weighted by atomic mass is 16.5. The number of ether oxygens (including phenoxy) is 1. The molecule has 53 heavy (non-hydrogen) atoms. The van der Waals surface area contributed by atoms with Gasteiger partial charge in [0.05, 0.1) is 12.5 Å². The molecule has 1 saturated heterocycles. The summed E-state index contributed by atoms with van der Waals surface area (Å²) in [7, 11) is 4.94. The average molecular weight is 751 g/mol. The molecule has 0 radical (unpaired) electrons. The predicted molar refractivity (Wildman–Crippen MR) is 200 cm³/mol. The molecule has 16 heteroatoms. The van der Waals surface area contributed by atoms with E-state index in [9.17, 15) is 33.6 Å². The molecule has 0 unspecified atom stereocenters. The fraction of sp³-hybridized carbons (Fsp3) is 0.811. The summed E-state index contributed by atoms with van der Waals surface area (Å²) in [6.07, 6.45) is 7.46. The molecule has 1 aliphatic carbocycles. The van der Waals surface area contributed by atoms with Crippen molar-refractivity contribution in [1.82, 2.24) is 36.4 Å². The van der Waals surface area contributed by atoms with Crippen LogP contribution in [-0.2, 0) is 38.3 Å². The molecule has 7 N–H and O–H groups in total. The van der Waals surface area contributed by atoms with Gasteiger partial charge < -0.3 is 46.9 Å². The van der Waals surface area contributed by atoms with Crippen LogP contribution in [-0.4, -0.2) is 129 Å². The van der Waals surface area contributed by atoms with Crippen molar-refractivity contribution in [3.8, 4) is 0 Å².